The second kappa shape index (κ2) is 7.39. The largest absolute Gasteiger partial charge is 0.478 e. The van der Waals surface area contributed by atoms with Gasteiger partial charge in [0.05, 0.1) is 11.1 Å². The molecule has 0 heterocycles. The van der Waals surface area contributed by atoms with E-state index in [1.165, 1.54) is 12.1 Å². The molecule has 1 amide bonds. The predicted octanol–water partition coefficient (Wildman–Crippen LogP) is 1.41. The summed E-state index contributed by atoms with van der Waals surface area (Å²) >= 11 is 0. The third kappa shape index (κ3) is 5.23. The molecule has 1 atom stereocenters. The lowest BCUT2D eigenvalue weighted by Crippen LogP contribution is -2.30. The number of carboxylic acid groups (broad SMARTS) is 2. The van der Waals surface area contributed by atoms with Crippen molar-refractivity contribution in [3.63, 3.8) is 0 Å². The minimum absolute atomic E-state index is 0.0309. The topological polar surface area (TPSA) is 116 Å². The van der Waals surface area contributed by atoms with E-state index in [1.54, 1.807) is 0 Å². The van der Waals surface area contributed by atoms with Crippen molar-refractivity contribution in [1.29, 1.82) is 0 Å². The molecule has 0 aliphatic carbocycles. The van der Waals surface area contributed by atoms with Crippen LogP contribution >= 0.6 is 0 Å². The van der Waals surface area contributed by atoms with E-state index < -0.39 is 11.9 Å². The highest BCUT2D eigenvalue weighted by Gasteiger charge is 2.14. The Bertz CT molecular complexity index is 524. The molecular formula is C14H18N2O5. The summed E-state index contributed by atoms with van der Waals surface area (Å²) in [4.78, 5) is 33.7. The molecule has 21 heavy (non-hydrogen) atoms. The summed E-state index contributed by atoms with van der Waals surface area (Å²) in [5, 5.41) is 23.5. The average molecular weight is 294 g/mol. The third-order valence-electron chi connectivity index (χ3n) is 2.75. The molecule has 0 spiro atoms. The van der Waals surface area contributed by atoms with Crippen LogP contribution in [0, 0.1) is 0 Å². The Kier molecular flexibility index (Phi) is 5.86. The lowest BCUT2D eigenvalue weighted by atomic mass is 10.1. The van der Waals surface area contributed by atoms with E-state index in [4.69, 9.17) is 10.2 Å². The van der Waals surface area contributed by atoms with Gasteiger partial charge in [-0.05, 0) is 31.7 Å². The van der Waals surface area contributed by atoms with Crippen LogP contribution in [-0.2, 0) is 4.79 Å². The van der Waals surface area contributed by atoms with E-state index in [1.807, 2.05) is 13.8 Å². The van der Waals surface area contributed by atoms with Gasteiger partial charge >= 0.3 is 11.9 Å². The highest BCUT2D eigenvalue weighted by Crippen LogP contribution is 2.16. The molecule has 7 nitrogen and oxygen atoms in total. The maximum Gasteiger partial charge on any atom is 0.335 e. The first-order valence-electron chi connectivity index (χ1n) is 6.48. The number of anilines is 1. The van der Waals surface area contributed by atoms with E-state index in [0.717, 1.165) is 12.6 Å². The second-order valence-electron chi connectivity index (χ2n) is 4.62. The van der Waals surface area contributed by atoms with Crippen molar-refractivity contribution in [2.45, 2.75) is 26.3 Å². The highest BCUT2D eigenvalue weighted by atomic mass is 16.4. The first-order chi connectivity index (χ1) is 9.83. The van der Waals surface area contributed by atoms with Crippen LogP contribution in [0.15, 0.2) is 18.2 Å². The molecule has 0 aliphatic heterocycles. The SMILES string of the molecule is CCNC(C)CC(=O)Nc1cc(C(=O)O)cc(C(=O)O)c1. The van der Waals surface area contributed by atoms with Gasteiger partial charge in [0.2, 0.25) is 5.91 Å². The van der Waals surface area contributed by atoms with Crippen LogP contribution < -0.4 is 10.6 Å². The number of nitrogens with one attached hydrogen (secondary N) is 2. The fraction of sp³-hybridized carbons (Fsp3) is 0.357. The number of amides is 1. The van der Waals surface area contributed by atoms with Crippen molar-refractivity contribution in [3.8, 4) is 0 Å². The zero-order valence-electron chi connectivity index (χ0n) is 11.8. The first kappa shape index (κ1) is 16.6. The number of hydrogen-bond acceptors (Lipinski definition) is 4. The second-order valence-corrected chi connectivity index (χ2v) is 4.62. The number of benzene rings is 1. The van der Waals surface area contributed by atoms with E-state index in [-0.39, 0.29) is 35.2 Å². The zero-order valence-corrected chi connectivity index (χ0v) is 11.8. The number of carboxylic acids is 2. The molecule has 114 valence electrons. The van der Waals surface area contributed by atoms with Crippen molar-refractivity contribution in [2.75, 3.05) is 11.9 Å². The minimum atomic E-state index is -1.25. The maximum absolute atomic E-state index is 11.8. The molecule has 0 bridgehead atoms. The number of aromatic carboxylic acids is 2. The number of carbonyl (C=O) groups is 3. The van der Waals surface area contributed by atoms with Crippen molar-refractivity contribution in [2.24, 2.45) is 0 Å². The van der Waals surface area contributed by atoms with Crippen molar-refractivity contribution in [3.05, 3.63) is 29.3 Å². The molecule has 0 saturated heterocycles. The molecule has 1 unspecified atom stereocenters. The summed E-state index contributed by atoms with van der Waals surface area (Å²) < 4.78 is 0. The van der Waals surface area contributed by atoms with E-state index in [2.05, 4.69) is 10.6 Å². The molecule has 1 rings (SSSR count). The Morgan fingerprint density at radius 1 is 1.10 bits per heavy atom. The average Bonchev–Trinajstić information content (AvgIpc) is 2.37. The maximum atomic E-state index is 11.8. The van der Waals surface area contributed by atoms with E-state index in [0.29, 0.717) is 0 Å². The monoisotopic (exact) mass is 294 g/mol. The fourth-order valence-corrected chi connectivity index (χ4v) is 1.86. The molecular weight excluding hydrogens is 276 g/mol. The van der Waals surface area contributed by atoms with Crippen LogP contribution in [0.25, 0.3) is 0 Å². The highest BCUT2D eigenvalue weighted by molar-refractivity contribution is 5.98. The summed E-state index contributed by atoms with van der Waals surface area (Å²) in [6, 6.07) is 3.47. The van der Waals surface area contributed by atoms with Gasteiger partial charge in [0.1, 0.15) is 0 Å². The van der Waals surface area contributed by atoms with Crippen LogP contribution in [0.2, 0.25) is 0 Å². The smallest absolute Gasteiger partial charge is 0.335 e. The number of rotatable bonds is 7. The van der Waals surface area contributed by atoms with Gasteiger partial charge in [-0.15, -0.1) is 0 Å². The molecule has 1 aromatic rings. The summed E-state index contributed by atoms with van der Waals surface area (Å²) in [6.07, 6.45) is 0.202. The molecule has 0 fully saturated rings. The molecule has 4 N–H and O–H groups in total. The molecule has 0 aromatic heterocycles. The Morgan fingerprint density at radius 2 is 1.62 bits per heavy atom. The summed E-state index contributed by atoms with van der Waals surface area (Å²) in [6.45, 7) is 4.50. The Labute approximate surface area is 122 Å². The molecule has 0 saturated carbocycles. The third-order valence-corrected chi connectivity index (χ3v) is 2.75. The summed E-state index contributed by atoms with van der Waals surface area (Å²) in [7, 11) is 0. The van der Waals surface area contributed by atoms with Crippen molar-refractivity contribution in [1.82, 2.24) is 5.32 Å². The van der Waals surface area contributed by atoms with Crippen molar-refractivity contribution >= 4 is 23.5 Å². The lowest BCUT2D eigenvalue weighted by Gasteiger charge is -2.12. The summed E-state index contributed by atoms with van der Waals surface area (Å²) in [5.41, 5.74) is -0.226. The van der Waals surface area contributed by atoms with Gasteiger partial charge < -0.3 is 20.8 Å². The Morgan fingerprint density at radius 3 is 2.05 bits per heavy atom. The van der Waals surface area contributed by atoms with Gasteiger partial charge in [-0.2, -0.15) is 0 Å². The van der Waals surface area contributed by atoms with Gasteiger partial charge in [0.25, 0.3) is 0 Å². The molecule has 1 aromatic carbocycles. The molecule has 0 aliphatic rings. The summed E-state index contributed by atoms with van der Waals surface area (Å²) in [5.74, 6) is -2.83. The van der Waals surface area contributed by atoms with E-state index in [9.17, 15) is 14.4 Å². The molecule has 0 radical (unpaired) electrons. The Balaban J connectivity index is 2.89. The predicted molar refractivity (Wildman–Crippen MR) is 76.7 cm³/mol. The normalized spacial score (nSPS) is 11.7. The van der Waals surface area contributed by atoms with Gasteiger partial charge in [-0.25, -0.2) is 9.59 Å². The van der Waals surface area contributed by atoms with Gasteiger partial charge in [-0.1, -0.05) is 6.92 Å². The quantitative estimate of drug-likeness (QED) is 0.604. The van der Waals surface area contributed by atoms with Crippen LogP contribution in [-0.4, -0.2) is 40.6 Å². The van der Waals surface area contributed by atoms with Crippen molar-refractivity contribution < 1.29 is 24.6 Å². The fourth-order valence-electron chi connectivity index (χ4n) is 1.86. The van der Waals surface area contributed by atoms with Crippen LogP contribution in [0.4, 0.5) is 5.69 Å². The van der Waals surface area contributed by atoms with Gasteiger partial charge in [0.15, 0.2) is 0 Å². The van der Waals surface area contributed by atoms with Crippen LogP contribution in [0.3, 0.4) is 0 Å². The lowest BCUT2D eigenvalue weighted by molar-refractivity contribution is -0.116. The zero-order chi connectivity index (χ0) is 16.0. The van der Waals surface area contributed by atoms with E-state index >= 15 is 0 Å². The van der Waals surface area contributed by atoms with Crippen LogP contribution in [0.1, 0.15) is 41.0 Å². The van der Waals surface area contributed by atoms with Crippen LogP contribution in [0.5, 0.6) is 0 Å². The van der Waals surface area contributed by atoms with Gasteiger partial charge in [-0.3, -0.25) is 4.79 Å². The van der Waals surface area contributed by atoms with Gasteiger partial charge in [0, 0.05) is 18.2 Å². The number of hydrogen-bond donors (Lipinski definition) is 4. The number of carbonyl (C=O) groups excluding carboxylic acids is 1. The first-order valence-corrected chi connectivity index (χ1v) is 6.48. The minimum Gasteiger partial charge on any atom is -0.478 e. The Hall–Kier alpha value is -2.41. The molecule has 7 heteroatoms. The standard InChI is InChI=1S/C14H18N2O5/c1-3-15-8(2)4-12(17)16-11-6-9(13(18)19)5-10(7-11)14(20)21/h5-8,15H,3-4H2,1-2H3,(H,16,17)(H,18,19)(H,20,21).